The van der Waals surface area contributed by atoms with Gasteiger partial charge in [0.05, 0.1) is 11.3 Å². The third-order valence-electron chi connectivity index (χ3n) is 4.80. The van der Waals surface area contributed by atoms with Gasteiger partial charge >= 0.3 is 5.97 Å². The summed E-state index contributed by atoms with van der Waals surface area (Å²) in [7, 11) is 0. The molecule has 1 aliphatic heterocycles. The third-order valence-corrected chi connectivity index (χ3v) is 4.80. The highest BCUT2D eigenvalue weighted by Gasteiger charge is 2.27. The fraction of sp³-hybridized carbons (Fsp3) is 0.273. The van der Waals surface area contributed by atoms with Gasteiger partial charge in [0.25, 0.3) is 0 Å². The Morgan fingerprint density at radius 3 is 2.11 bits per heavy atom. The fourth-order valence-electron chi connectivity index (χ4n) is 3.00. The Balaban J connectivity index is 1.63. The molecule has 0 N–H and O–H groups in total. The normalized spacial score (nSPS) is 14.1. The van der Waals surface area contributed by atoms with Crippen LogP contribution in [-0.2, 0) is 14.3 Å². The van der Waals surface area contributed by atoms with Crippen molar-refractivity contribution in [2.24, 2.45) is 0 Å². The number of esters is 1. The molecule has 0 aromatic heterocycles. The number of carbonyl (C=O) groups is 4. The van der Waals surface area contributed by atoms with Gasteiger partial charge in [-0.2, -0.15) is 0 Å². The van der Waals surface area contributed by atoms with Crippen molar-refractivity contribution in [2.45, 2.75) is 33.1 Å². The van der Waals surface area contributed by atoms with Crippen molar-refractivity contribution >= 4 is 29.3 Å². The Morgan fingerprint density at radius 1 is 0.893 bits per heavy atom. The number of carbonyl (C=O) groups excluding carboxylic acids is 4. The number of hydrogen-bond acceptors (Lipinski definition) is 5. The number of aryl methyl sites for hydroxylation is 2. The lowest BCUT2D eigenvalue weighted by atomic mass is 10.0. The Morgan fingerprint density at radius 2 is 1.50 bits per heavy atom. The van der Waals surface area contributed by atoms with Crippen LogP contribution in [0.15, 0.2) is 42.5 Å². The second kappa shape index (κ2) is 8.17. The van der Waals surface area contributed by atoms with E-state index in [-0.39, 0.29) is 29.8 Å². The van der Waals surface area contributed by atoms with Gasteiger partial charge < -0.3 is 4.74 Å². The number of rotatable bonds is 5. The van der Waals surface area contributed by atoms with Crippen molar-refractivity contribution in [3.63, 3.8) is 0 Å². The van der Waals surface area contributed by atoms with Crippen molar-refractivity contribution in [1.82, 2.24) is 0 Å². The highest BCUT2D eigenvalue weighted by molar-refractivity contribution is 6.16. The van der Waals surface area contributed by atoms with Gasteiger partial charge in [-0.15, -0.1) is 0 Å². The van der Waals surface area contributed by atoms with Crippen LogP contribution < -0.4 is 4.90 Å². The highest BCUT2D eigenvalue weighted by atomic mass is 16.5. The minimum absolute atomic E-state index is 0.244. The third kappa shape index (κ3) is 4.17. The Hall–Kier alpha value is -3.28. The largest absolute Gasteiger partial charge is 0.454 e. The Bertz CT molecular complexity index is 930. The molecular weight excluding hydrogens is 358 g/mol. The lowest BCUT2D eigenvalue weighted by Gasteiger charge is -2.24. The zero-order chi connectivity index (χ0) is 20.3. The van der Waals surface area contributed by atoms with Crippen molar-refractivity contribution in [2.75, 3.05) is 11.5 Å². The summed E-state index contributed by atoms with van der Waals surface area (Å²) in [5, 5.41) is 0. The van der Waals surface area contributed by atoms with E-state index in [1.54, 1.807) is 12.1 Å². The molecule has 1 saturated heterocycles. The first-order chi connectivity index (χ1) is 13.4. The van der Waals surface area contributed by atoms with Crippen LogP contribution in [0.3, 0.4) is 0 Å². The van der Waals surface area contributed by atoms with Crippen LogP contribution in [0.1, 0.15) is 51.1 Å². The number of imide groups is 1. The molecule has 2 aromatic rings. The molecule has 1 heterocycles. The summed E-state index contributed by atoms with van der Waals surface area (Å²) in [6.45, 7) is 3.52. The molecule has 3 rings (SSSR count). The number of benzene rings is 2. The van der Waals surface area contributed by atoms with E-state index in [2.05, 4.69) is 0 Å². The number of ether oxygens (including phenoxy) is 1. The maximum Gasteiger partial charge on any atom is 0.338 e. The van der Waals surface area contributed by atoms with Gasteiger partial charge in [-0.3, -0.25) is 19.3 Å². The highest BCUT2D eigenvalue weighted by Crippen LogP contribution is 2.22. The molecule has 1 fully saturated rings. The van der Waals surface area contributed by atoms with E-state index in [1.165, 1.54) is 24.3 Å². The number of Topliss-reactive ketones (excluding diaryl/α,β-unsaturated/α-hetero) is 1. The number of hydrogen-bond donors (Lipinski definition) is 0. The summed E-state index contributed by atoms with van der Waals surface area (Å²) in [6, 6.07) is 11.4. The quantitative estimate of drug-likeness (QED) is 0.452. The molecule has 0 saturated carbocycles. The molecule has 6 heteroatoms. The summed E-state index contributed by atoms with van der Waals surface area (Å²) in [4.78, 5) is 49.5. The number of nitrogens with zero attached hydrogens (tertiary/aromatic N) is 1. The van der Waals surface area contributed by atoms with E-state index in [9.17, 15) is 19.2 Å². The van der Waals surface area contributed by atoms with Crippen LogP contribution in [0, 0.1) is 13.8 Å². The predicted molar refractivity (Wildman–Crippen MR) is 103 cm³/mol. The molecule has 0 atom stereocenters. The maximum atomic E-state index is 12.2. The number of piperidine rings is 1. The maximum absolute atomic E-state index is 12.2. The number of anilines is 1. The molecule has 0 bridgehead atoms. The van der Waals surface area contributed by atoms with Crippen molar-refractivity contribution in [3.05, 3.63) is 64.7 Å². The zero-order valence-corrected chi connectivity index (χ0v) is 15.9. The van der Waals surface area contributed by atoms with Crippen LogP contribution in [0.2, 0.25) is 0 Å². The molecule has 2 amide bonds. The molecule has 0 unspecified atom stereocenters. The van der Waals surface area contributed by atoms with Gasteiger partial charge in [-0.25, -0.2) is 4.79 Å². The molecule has 0 radical (unpaired) electrons. The minimum Gasteiger partial charge on any atom is -0.454 e. The molecule has 2 aromatic carbocycles. The summed E-state index contributed by atoms with van der Waals surface area (Å²) < 4.78 is 5.11. The standard InChI is InChI=1S/C22H21NO5/c1-14-6-7-17(12-15(14)2)19(24)13-28-22(27)16-8-10-18(11-9-16)23-20(25)4-3-5-21(23)26/h6-12H,3-5,13H2,1-2H3. The Kier molecular flexibility index (Phi) is 5.68. The van der Waals surface area contributed by atoms with Gasteiger partial charge in [0.15, 0.2) is 12.4 Å². The summed E-state index contributed by atoms with van der Waals surface area (Å²) in [5.41, 5.74) is 3.24. The van der Waals surface area contributed by atoms with Gasteiger partial charge in [0.1, 0.15) is 0 Å². The van der Waals surface area contributed by atoms with Gasteiger partial charge in [-0.1, -0.05) is 12.1 Å². The average Bonchev–Trinajstić information content (AvgIpc) is 2.68. The second-order valence-corrected chi connectivity index (χ2v) is 6.82. The SMILES string of the molecule is Cc1ccc(C(=O)COC(=O)c2ccc(N3C(=O)CCCC3=O)cc2)cc1C. The molecular formula is C22H21NO5. The smallest absolute Gasteiger partial charge is 0.338 e. The first-order valence-corrected chi connectivity index (χ1v) is 9.10. The predicted octanol–water partition coefficient (Wildman–Crippen LogP) is 3.39. The number of ketones is 1. The second-order valence-electron chi connectivity index (χ2n) is 6.82. The minimum atomic E-state index is -0.639. The first kappa shape index (κ1) is 19.5. The lowest BCUT2D eigenvalue weighted by Crippen LogP contribution is -2.40. The lowest BCUT2D eigenvalue weighted by molar-refractivity contribution is -0.129. The molecule has 6 nitrogen and oxygen atoms in total. The molecule has 0 aliphatic carbocycles. The fourth-order valence-corrected chi connectivity index (χ4v) is 3.00. The van der Waals surface area contributed by atoms with E-state index in [4.69, 9.17) is 4.74 Å². The molecule has 28 heavy (non-hydrogen) atoms. The van der Waals surface area contributed by atoms with E-state index in [0.29, 0.717) is 30.5 Å². The van der Waals surface area contributed by atoms with Gasteiger partial charge in [-0.05, 0) is 61.7 Å². The van der Waals surface area contributed by atoms with Crippen LogP contribution in [0.5, 0.6) is 0 Å². The Labute approximate surface area is 163 Å². The van der Waals surface area contributed by atoms with E-state index < -0.39 is 5.97 Å². The number of amides is 2. The molecule has 1 aliphatic rings. The van der Waals surface area contributed by atoms with Crippen molar-refractivity contribution in [1.29, 1.82) is 0 Å². The summed E-state index contributed by atoms with van der Waals surface area (Å²) >= 11 is 0. The molecule has 144 valence electrons. The van der Waals surface area contributed by atoms with E-state index in [1.807, 2.05) is 19.9 Å². The molecule has 0 spiro atoms. The van der Waals surface area contributed by atoms with Crippen LogP contribution >= 0.6 is 0 Å². The topological polar surface area (TPSA) is 80.8 Å². The zero-order valence-electron chi connectivity index (χ0n) is 15.9. The monoisotopic (exact) mass is 379 g/mol. The first-order valence-electron chi connectivity index (χ1n) is 9.10. The van der Waals surface area contributed by atoms with Crippen LogP contribution in [0.4, 0.5) is 5.69 Å². The van der Waals surface area contributed by atoms with Gasteiger partial charge in [0.2, 0.25) is 11.8 Å². The van der Waals surface area contributed by atoms with Crippen molar-refractivity contribution in [3.8, 4) is 0 Å². The average molecular weight is 379 g/mol. The van der Waals surface area contributed by atoms with Crippen LogP contribution in [0.25, 0.3) is 0 Å². The van der Waals surface area contributed by atoms with Gasteiger partial charge in [0, 0.05) is 18.4 Å². The van der Waals surface area contributed by atoms with Crippen LogP contribution in [-0.4, -0.2) is 30.2 Å². The summed E-state index contributed by atoms with van der Waals surface area (Å²) in [6.07, 6.45) is 1.22. The van der Waals surface area contributed by atoms with E-state index >= 15 is 0 Å². The van der Waals surface area contributed by atoms with E-state index in [0.717, 1.165) is 16.0 Å². The summed E-state index contributed by atoms with van der Waals surface area (Å²) in [5.74, 6) is -1.41. The van der Waals surface area contributed by atoms with Crippen molar-refractivity contribution < 1.29 is 23.9 Å².